The van der Waals surface area contributed by atoms with Crippen molar-refractivity contribution in [3.05, 3.63) is 88.2 Å². The van der Waals surface area contributed by atoms with Crippen LogP contribution in [0.25, 0.3) is 11.1 Å². The summed E-state index contributed by atoms with van der Waals surface area (Å²) in [6.07, 6.45) is 0. The molecular formula is C19H12BrF3O. The Bertz CT molecular complexity index is 866. The lowest BCUT2D eigenvalue weighted by molar-refractivity contribution is 0.290. The molecule has 0 aliphatic heterocycles. The summed E-state index contributed by atoms with van der Waals surface area (Å²) < 4.78 is 47.3. The van der Waals surface area contributed by atoms with E-state index in [0.29, 0.717) is 0 Å². The molecule has 3 aromatic rings. The van der Waals surface area contributed by atoms with Gasteiger partial charge in [0.15, 0.2) is 23.2 Å². The lowest BCUT2D eigenvalue weighted by Crippen LogP contribution is -1.98. The summed E-state index contributed by atoms with van der Waals surface area (Å²) >= 11 is 2.91. The Labute approximate surface area is 145 Å². The third kappa shape index (κ3) is 3.46. The van der Waals surface area contributed by atoms with Crippen LogP contribution in [0.1, 0.15) is 5.56 Å². The summed E-state index contributed by atoms with van der Waals surface area (Å²) in [5.41, 5.74) is 1.13. The molecule has 1 nitrogen and oxygen atoms in total. The Morgan fingerprint density at radius 2 is 1.58 bits per heavy atom. The van der Waals surface area contributed by atoms with Crippen molar-refractivity contribution in [2.75, 3.05) is 0 Å². The van der Waals surface area contributed by atoms with Gasteiger partial charge in [0.2, 0.25) is 0 Å². The second kappa shape index (κ2) is 7.09. The molecule has 0 saturated carbocycles. The molecule has 0 atom stereocenters. The van der Waals surface area contributed by atoms with E-state index in [1.807, 2.05) is 30.3 Å². The standard InChI is InChI=1S/C19H12BrF3O/c20-15-8-7-14(18(22)19(15)23)13-6-9-17(16(21)10-13)24-11-12-4-2-1-3-5-12/h1-10H,11H2. The molecule has 0 spiro atoms. The highest BCUT2D eigenvalue weighted by molar-refractivity contribution is 9.10. The zero-order chi connectivity index (χ0) is 17.1. The van der Waals surface area contributed by atoms with Crippen LogP contribution >= 0.6 is 15.9 Å². The lowest BCUT2D eigenvalue weighted by Gasteiger charge is -2.10. The van der Waals surface area contributed by atoms with Gasteiger partial charge in [-0.3, -0.25) is 0 Å². The van der Waals surface area contributed by atoms with E-state index >= 15 is 0 Å². The first-order valence-electron chi connectivity index (χ1n) is 7.16. The van der Waals surface area contributed by atoms with Crippen LogP contribution in [0.5, 0.6) is 5.75 Å². The molecule has 0 unspecified atom stereocenters. The first-order chi connectivity index (χ1) is 11.6. The molecule has 5 heteroatoms. The molecule has 0 aliphatic rings. The lowest BCUT2D eigenvalue weighted by atomic mass is 10.0. The number of ether oxygens (including phenoxy) is 1. The summed E-state index contributed by atoms with van der Waals surface area (Å²) in [6.45, 7) is 0.221. The fraction of sp³-hybridized carbons (Fsp3) is 0.0526. The van der Waals surface area contributed by atoms with E-state index in [9.17, 15) is 13.2 Å². The van der Waals surface area contributed by atoms with Crippen molar-refractivity contribution in [2.24, 2.45) is 0 Å². The van der Waals surface area contributed by atoms with Gasteiger partial charge in [-0.2, -0.15) is 0 Å². The van der Waals surface area contributed by atoms with Crippen LogP contribution in [0.2, 0.25) is 0 Å². The summed E-state index contributed by atoms with van der Waals surface area (Å²) in [7, 11) is 0. The van der Waals surface area contributed by atoms with Crippen molar-refractivity contribution in [3.8, 4) is 16.9 Å². The third-order valence-corrected chi connectivity index (χ3v) is 4.13. The van der Waals surface area contributed by atoms with E-state index in [-0.39, 0.29) is 28.0 Å². The number of hydrogen-bond donors (Lipinski definition) is 0. The average Bonchev–Trinajstić information content (AvgIpc) is 2.60. The van der Waals surface area contributed by atoms with Crippen molar-refractivity contribution < 1.29 is 17.9 Å². The van der Waals surface area contributed by atoms with E-state index in [1.54, 1.807) is 0 Å². The van der Waals surface area contributed by atoms with Crippen LogP contribution in [0.15, 0.2) is 65.1 Å². The zero-order valence-electron chi connectivity index (χ0n) is 12.4. The summed E-state index contributed by atoms with van der Waals surface area (Å²) in [5, 5.41) is 0. The minimum Gasteiger partial charge on any atom is -0.486 e. The Balaban J connectivity index is 1.84. The zero-order valence-corrected chi connectivity index (χ0v) is 14.0. The van der Waals surface area contributed by atoms with Gasteiger partial charge in [0, 0.05) is 5.56 Å². The highest BCUT2D eigenvalue weighted by atomic mass is 79.9. The summed E-state index contributed by atoms with van der Waals surface area (Å²) in [5.74, 6) is -2.61. The van der Waals surface area contributed by atoms with Crippen molar-refractivity contribution in [3.63, 3.8) is 0 Å². The van der Waals surface area contributed by atoms with Gasteiger partial charge in [-0.05, 0) is 45.3 Å². The minimum absolute atomic E-state index is 0.00999. The normalized spacial score (nSPS) is 10.7. The molecule has 0 radical (unpaired) electrons. The van der Waals surface area contributed by atoms with Crippen molar-refractivity contribution in [1.82, 2.24) is 0 Å². The van der Waals surface area contributed by atoms with Crippen LogP contribution in [-0.4, -0.2) is 0 Å². The van der Waals surface area contributed by atoms with E-state index in [0.717, 1.165) is 11.6 Å². The smallest absolute Gasteiger partial charge is 0.173 e. The molecular weight excluding hydrogens is 381 g/mol. The molecule has 0 aromatic heterocycles. The molecule has 0 amide bonds. The SMILES string of the molecule is Fc1cc(-c2ccc(Br)c(F)c2F)ccc1OCc1ccccc1. The van der Waals surface area contributed by atoms with E-state index in [1.165, 1.54) is 24.3 Å². The first kappa shape index (κ1) is 16.6. The van der Waals surface area contributed by atoms with Crippen LogP contribution in [-0.2, 0) is 6.61 Å². The monoisotopic (exact) mass is 392 g/mol. The maximum Gasteiger partial charge on any atom is 0.173 e. The van der Waals surface area contributed by atoms with Crippen LogP contribution in [0, 0.1) is 17.5 Å². The average molecular weight is 393 g/mol. The topological polar surface area (TPSA) is 9.23 Å². The molecule has 0 saturated heterocycles. The van der Waals surface area contributed by atoms with Gasteiger partial charge >= 0.3 is 0 Å². The quantitative estimate of drug-likeness (QED) is 0.486. The second-order valence-electron chi connectivity index (χ2n) is 5.14. The van der Waals surface area contributed by atoms with Gasteiger partial charge in [-0.25, -0.2) is 13.2 Å². The van der Waals surface area contributed by atoms with Gasteiger partial charge in [-0.15, -0.1) is 0 Å². The molecule has 122 valence electrons. The number of hydrogen-bond acceptors (Lipinski definition) is 1. The molecule has 24 heavy (non-hydrogen) atoms. The Kier molecular flexibility index (Phi) is 4.90. The van der Waals surface area contributed by atoms with Crippen LogP contribution in [0.3, 0.4) is 0 Å². The minimum atomic E-state index is -1.03. The third-order valence-electron chi connectivity index (χ3n) is 3.52. The van der Waals surface area contributed by atoms with Gasteiger partial charge in [0.05, 0.1) is 4.47 Å². The van der Waals surface area contributed by atoms with Gasteiger partial charge in [0.1, 0.15) is 6.61 Å². The Morgan fingerprint density at radius 3 is 2.29 bits per heavy atom. The van der Waals surface area contributed by atoms with Crippen molar-refractivity contribution in [1.29, 1.82) is 0 Å². The molecule has 0 fully saturated rings. The summed E-state index contributed by atoms with van der Waals surface area (Å²) in [6, 6.07) is 16.1. The molecule has 0 heterocycles. The largest absolute Gasteiger partial charge is 0.486 e. The Hall–Kier alpha value is -2.27. The highest BCUT2D eigenvalue weighted by Crippen LogP contribution is 2.31. The first-order valence-corrected chi connectivity index (χ1v) is 7.95. The number of rotatable bonds is 4. The fourth-order valence-electron chi connectivity index (χ4n) is 2.27. The number of benzene rings is 3. The van der Waals surface area contributed by atoms with Gasteiger partial charge in [0.25, 0.3) is 0 Å². The maximum absolute atomic E-state index is 14.2. The van der Waals surface area contributed by atoms with Crippen molar-refractivity contribution >= 4 is 15.9 Å². The highest BCUT2D eigenvalue weighted by Gasteiger charge is 2.15. The molecule has 0 aliphatic carbocycles. The van der Waals surface area contributed by atoms with Crippen molar-refractivity contribution in [2.45, 2.75) is 6.61 Å². The Morgan fingerprint density at radius 1 is 0.833 bits per heavy atom. The fourth-order valence-corrected chi connectivity index (χ4v) is 2.58. The van der Waals surface area contributed by atoms with E-state index < -0.39 is 17.5 Å². The second-order valence-corrected chi connectivity index (χ2v) is 6.00. The van der Waals surface area contributed by atoms with E-state index in [4.69, 9.17) is 4.74 Å². The predicted molar refractivity (Wildman–Crippen MR) is 90.2 cm³/mol. The summed E-state index contributed by atoms with van der Waals surface area (Å²) in [4.78, 5) is 0. The molecule has 0 N–H and O–H groups in total. The van der Waals surface area contributed by atoms with Crippen LogP contribution < -0.4 is 4.74 Å². The van der Waals surface area contributed by atoms with Gasteiger partial charge in [-0.1, -0.05) is 42.5 Å². The maximum atomic E-state index is 14.2. The molecule has 3 aromatic carbocycles. The van der Waals surface area contributed by atoms with Gasteiger partial charge < -0.3 is 4.74 Å². The number of halogens is 4. The predicted octanol–water partition coefficient (Wildman–Crippen LogP) is 6.11. The van der Waals surface area contributed by atoms with Crippen LogP contribution in [0.4, 0.5) is 13.2 Å². The molecule has 0 bridgehead atoms. The van der Waals surface area contributed by atoms with E-state index in [2.05, 4.69) is 15.9 Å². The molecule has 3 rings (SSSR count).